The van der Waals surface area contributed by atoms with Crippen LogP contribution in [0.5, 0.6) is 5.75 Å². The molecular weight excluding hydrogens is 294 g/mol. The van der Waals surface area contributed by atoms with Crippen LogP contribution < -0.4 is 5.43 Å². The zero-order chi connectivity index (χ0) is 14.7. The summed E-state index contributed by atoms with van der Waals surface area (Å²) in [7, 11) is 1.82. The number of hydrogen-bond acceptors (Lipinski definition) is 5. The van der Waals surface area contributed by atoms with E-state index in [2.05, 4.69) is 10.5 Å². The molecule has 1 aromatic carbocycles. The Labute approximate surface area is 125 Å². The molecule has 0 saturated carbocycles. The van der Waals surface area contributed by atoms with Gasteiger partial charge in [-0.05, 0) is 49.0 Å². The normalized spacial score (nSPS) is 10.9. The van der Waals surface area contributed by atoms with Gasteiger partial charge in [-0.3, -0.25) is 4.79 Å². The SMILES string of the molecule is Cc1c(C(=O)NN=Cc2ccc(O)cc2)sc(=S)n1C. The van der Waals surface area contributed by atoms with Crippen LogP contribution in [0.1, 0.15) is 20.9 Å². The lowest BCUT2D eigenvalue weighted by atomic mass is 10.2. The molecule has 0 aliphatic carbocycles. The second-order valence-corrected chi connectivity index (χ2v) is 5.78. The summed E-state index contributed by atoms with van der Waals surface area (Å²) in [5.74, 6) is -0.0971. The Morgan fingerprint density at radius 2 is 2.10 bits per heavy atom. The monoisotopic (exact) mass is 307 g/mol. The maximum Gasteiger partial charge on any atom is 0.283 e. The molecule has 1 amide bonds. The second-order valence-electron chi connectivity index (χ2n) is 4.13. The van der Waals surface area contributed by atoms with Crippen LogP contribution in [0.4, 0.5) is 0 Å². The van der Waals surface area contributed by atoms with Crippen molar-refractivity contribution in [2.75, 3.05) is 0 Å². The number of carbonyl (C=O) groups excluding carboxylic acids is 1. The number of nitrogens with one attached hydrogen (secondary N) is 1. The van der Waals surface area contributed by atoms with E-state index < -0.39 is 0 Å². The van der Waals surface area contributed by atoms with Crippen molar-refractivity contribution in [2.45, 2.75) is 6.92 Å². The number of hydrazone groups is 1. The fourth-order valence-electron chi connectivity index (χ4n) is 1.51. The molecule has 0 radical (unpaired) electrons. The molecule has 104 valence electrons. The van der Waals surface area contributed by atoms with E-state index in [4.69, 9.17) is 17.3 Å². The lowest BCUT2D eigenvalue weighted by molar-refractivity contribution is 0.0958. The first kappa shape index (κ1) is 14.4. The van der Waals surface area contributed by atoms with Crippen LogP contribution in [0, 0.1) is 10.9 Å². The minimum absolute atomic E-state index is 0.186. The molecule has 7 heteroatoms. The van der Waals surface area contributed by atoms with Crippen LogP contribution >= 0.6 is 23.6 Å². The number of carbonyl (C=O) groups is 1. The molecule has 2 rings (SSSR count). The number of amides is 1. The largest absolute Gasteiger partial charge is 0.508 e. The molecule has 2 aromatic rings. The summed E-state index contributed by atoms with van der Waals surface area (Å²) in [4.78, 5) is 12.5. The number of phenols is 1. The molecule has 1 aromatic heterocycles. The molecule has 0 aliphatic heterocycles. The van der Waals surface area contributed by atoms with Gasteiger partial charge in [0.1, 0.15) is 10.6 Å². The third-order valence-corrected chi connectivity index (χ3v) is 4.43. The number of phenolic OH excluding ortho intramolecular Hbond substituents is 1. The number of nitrogens with zero attached hydrogens (tertiary/aromatic N) is 2. The minimum atomic E-state index is -0.283. The van der Waals surface area contributed by atoms with Crippen molar-refractivity contribution in [3.63, 3.8) is 0 Å². The average molecular weight is 307 g/mol. The number of benzene rings is 1. The third kappa shape index (κ3) is 3.12. The van der Waals surface area contributed by atoms with Gasteiger partial charge in [0.15, 0.2) is 3.95 Å². The maximum absolute atomic E-state index is 12.0. The predicted molar refractivity (Wildman–Crippen MR) is 82.0 cm³/mol. The molecule has 0 unspecified atom stereocenters. The fourth-order valence-corrected chi connectivity index (χ4v) is 2.76. The first-order valence-corrected chi connectivity index (χ1v) is 7.00. The summed E-state index contributed by atoms with van der Waals surface area (Å²) >= 11 is 6.38. The van der Waals surface area contributed by atoms with Gasteiger partial charge in [-0.25, -0.2) is 5.43 Å². The van der Waals surface area contributed by atoms with Gasteiger partial charge in [0.25, 0.3) is 5.91 Å². The summed E-state index contributed by atoms with van der Waals surface area (Å²) in [5.41, 5.74) is 4.06. The highest BCUT2D eigenvalue weighted by molar-refractivity contribution is 7.73. The van der Waals surface area contributed by atoms with Crippen molar-refractivity contribution in [1.82, 2.24) is 9.99 Å². The van der Waals surface area contributed by atoms with E-state index in [1.165, 1.54) is 17.6 Å². The van der Waals surface area contributed by atoms with E-state index in [9.17, 15) is 4.79 Å². The molecule has 0 aliphatic rings. The van der Waals surface area contributed by atoms with Crippen LogP contribution in [0.2, 0.25) is 0 Å². The van der Waals surface area contributed by atoms with Gasteiger partial charge < -0.3 is 9.67 Å². The highest BCUT2D eigenvalue weighted by Crippen LogP contribution is 2.17. The van der Waals surface area contributed by atoms with Crippen molar-refractivity contribution in [1.29, 1.82) is 0 Å². The Bertz CT molecular complexity index is 714. The number of rotatable bonds is 3. The number of thiazole rings is 1. The van der Waals surface area contributed by atoms with Crippen molar-refractivity contribution in [3.8, 4) is 5.75 Å². The molecule has 0 saturated heterocycles. The Kier molecular flexibility index (Phi) is 4.31. The quantitative estimate of drug-likeness (QED) is 0.520. The van der Waals surface area contributed by atoms with E-state index in [0.29, 0.717) is 8.83 Å². The summed E-state index contributed by atoms with van der Waals surface area (Å²) in [6.45, 7) is 1.84. The molecule has 0 spiro atoms. The van der Waals surface area contributed by atoms with Gasteiger partial charge in [-0.1, -0.05) is 11.3 Å². The van der Waals surface area contributed by atoms with Crippen molar-refractivity contribution >= 4 is 35.7 Å². The average Bonchev–Trinajstić information content (AvgIpc) is 2.69. The van der Waals surface area contributed by atoms with Crippen LogP contribution in [-0.2, 0) is 7.05 Å². The topological polar surface area (TPSA) is 66.6 Å². The van der Waals surface area contributed by atoms with Gasteiger partial charge in [0.2, 0.25) is 0 Å². The van der Waals surface area contributed by atoms with E-state index in [-0.39, 0.29) is 11.7 Å². The van der Waals surface area contributed by atoms with Crippen molar-refractivity contribution in [2.24, 2.45) is 12.1 Å². The van der Waals surface area contributed by atoms with E-state index in [1.54, 1.807) is 28.8 Å². The molecule has 0 bridgehead atoms. The first-order chi connectivity index (χ1) is 9.49. The van der Waals surface area contributed by atoms with E-state index in [0.717, 1.165) is 11.3 Å². The summed E-state index contributed by atoms with van der Waals surface area (Å²) in [6, 6.07) is 6.50. The lowest BCUT2D eigenvalue weighted by Crippen LogP contribution is -2.17. The van der Waals surface area contributed by atoms with Gasteiger partial charge >= 0.3 is 0 Å². The highest BCUT2D eigenvalue weighted by Gasteiger charge is 2.13. The summed E-state index contributed by atoms with van der Waals surface area (Å²) in [5, 5.41) is 13.0. The summed E-state index contributed by atoms with van der Waals surface area (Å²) < 4.78 is 2.44. The third-order valence-electron chi connectivity index (χ3n) is 2.77. The smallest absolute Gasteiger partial charge is 0.283 e. The molecule has 5 nitrogen and oxygen atoms in total. The minimum Gasteiger partial charge on any atom is -0.508 e. The molecule has 1 heterocycles. The van der Waals surface area contributed by atoms with Crippen LogP contribution in [-0.4, -0.2) is 21.8 Å². The highest BCUT2D eigenvalue weighted by atomic mass is 32.1. The Hall–Kier alpha value is -1.99. The van der Waals surface area contributed by atoms with Crippen LogP contribution in [0.3, 0.4) is 0 Å². The van der Waals surface area contributed by atoms with Gasteiger partial charge in [-0.15, -0.1) is 0 Å². The van der Waals surface area contributed by atoms with Gasteiger partial charge in [0, 0.05) is 12.7 Å². The fraction of sp³-hybridized carbons (Fsp3) is 0.154. The van der Waals surface area contributed by atoms with Crippen LogP contribution in [0.25, 0.3) is 0 Å². The number of aromatic hydroxyl groups is 1. The zero-order valence-electron chi connectivity index (χ0n) is 11.0. The van der Waals surface area contributed by atoms with Gasteiger partial charge in [-0.2, -0.15) is 5.10 Å². The molecule has 0 atom stereocenters. The van der Waals surface area contributed by atoms with Gasteiger partial charge in [0.05, 0.1) is 6.21 Å². The molecule has 2 N–H and O–H groups in total. The summed E-state index contributed by atoms with van der Waals surface area (Å²) in [6.07, 6.45) is 1.51. The predicted octanol–water partition coefficient (Wildman–Crippen LogP) is 2.59. The van der Waals surface area contributed by atoms with E-state index >= 15 is 0 Å². The molecule has 20 heavy (non-hydrogen) atoms. The standard InChI is InChI=1S/C13H13N3O2S2/c1-8-11(20-13(19)16(8)2)12(18)15-14-7-9-3-5-10(17)6-4-9/h3-7,17H,1-2H3,(H,15,18). The van der Waals surface area contributed by atoms with Crippen molar-refractivity contribution < 1.29 is 9.90 Å². The molecular formula is C13H13N3O2S2. The van der Waals surface area contributed by atoms with Crippen LogP contribution in [0.15, 0.2) is 29.4 Å². The number of hydrogen-bond donors (Lipinski definition) is 2. The Balaban J connectivity index is 2.07. The lowest BCUT2D eigenvalue weighted by Gasteiger charge is -1.99. The second kappa shape index (κ2) is 5.98. The molecule has 0 fully saturated rings. The van der Waals surface area contributed by atoms with E-state index in [1.807, 2.05) is 14.0 Å². The zero-order valence-corrected chi connectivity index (χ0v) is 12.6. The first-order valence-electron chi connectivity index (χ1n) is 5.78. The number of aromatic nitrogens is 1. The maximum atomic E-state index is 12.0. The Morgan fingerprint density at radius 3 is 2.65 bits per heavy atom. The van der Waals surface area contributed by atoms with Crippen molar-refractivity contribution in [3.05, 3.63) is 44.4 Å². The Morgan fingerprint density at radius 1 is 1.45 bits per heavy atom.